The third kappa shape index (κ3) is 5.32. The van der Waals surface area contributed by atoms with Crippen LogP contribution in [0.15, 0.2) is 28.0 Å². The molecular formula is C26H35N5O2S2. The first-order chi connectivity index (χ1) is 16.3. The number of aryl methyl sites for hydroxylation is 1. The van der Waals surface area contributed by atoms with Gasteiger partial charge in [0, 0.05) is 29.4 Å². The van der Waals surface area contributed by atoms with Crippen LogP contribution in [0.25, 0.3) is 11.7 Å². The van der Waals surface area contributed by atoms with Gasteiger partial charge in [-0.2, -0.15) is 0 Å². The first-order valence-electron chi connectivity index (χ1n) is 12.2. The smallest absolute Gasteiger partial charge is 0.267 e. The number of pyridine rings is 1. The molecule has 2 N–H and O–H groups in total. The van der Waals surface area contributed by atoms with E-state index in [1.807, 2.05) is 32.9 Å². The van der Waals surface area contributed by atoms with E-state index in [0.29, 0.717) is 26.3 Å². The van der Waals surface area contributed by atoms with E-state index in [0.717, 1.165) is 24.8 Å². The number of fused-ring (bicyclic) bond motifs is 1. The Hall–Kier alpha value is -2.23. The van der Waals surface area contributed by atoms with Crippen molar-refractivity contribution in [3.05, 3.63) is 44.7 Å². The Morgan fingerprint density at radius 1 is 1.26 bits per heavy atom. The van der Waals surface area contributed by atoms with Crippen LogP contribution in [0.1, 0.15) is 71.9 Å². The summed E-state index contributed by atoms with van der Waals surface area (Å²) in [6, 6.07) is 3.91. The SMILES string of the molecule is CCC(C)N1C(=O)/C(=C/c2c(NC3CC(C)(C)NC(C)(C)C3)nc3ccc(C)cn3c2=O)SC1=S. The number of nitrogens with one attached hydrogen (secondary N) is 2. The molecule has 0 aliphatic carbocycles. The Labute approximate surface area is 216 Å². The molecule has 2 aliphatic rings. The molecule has 35 heavy (non-hydrogen) atoms. The van der Waals surface area contributed by atoms with E-state index in [4.69, 9.17) is 17.2 Å². The lowest BCUT2D eigenvalue weighted by molar-refractivity contribution is -0.123. The van der Waals surface area contributed by atoms with Crippen molar-refractivity contribution < 1.29 is 4.79 Å². The van der Waals surface area contributed by atoms with Gasteiger partial charge >= 0.3 is 0 Å². The van der Waals surface area contributed by atoms with Crippen molar-refractivity contribution in [1.29, 1.82) is 0 Å². The molecule has 0 spiro atoms. The molecular weight excluding hydrogens is 478 g/mol. The standard InChI is InChI=1S/C26H35N5O2S2/c1-8-16(3)31-23(33)19(35-24(31)34)11-18-21(27-17-12-25(4,5)29-26(6,7)13-17)28-20-10-9-15(2)14-30(20)22(18)32/h9-11,14,16-17,27,29H,8,12-13H2,1-7H3/b19-11-. The monoisotopic (exact) mass is 513 g/mol. The summed E-state index contributed by atoms with van der Waals surface area (Å²) >= 11 is 6.75. The van der Waals surface area contributed by atoms with Crippen LogP contribution in [0.2, 0.25) is 0 Å². The minimum absolute atomic E-state index is 0.00340. The summed E-state index contributed by atoms with van der Waals surface area (Å²) < 4.78 is 2.08. The molecule has 1 unspecified atom stereocenters. The summed E-state index contributed by atoms with van der Waals surface area (Å²) in [7, 11) is 0. The molecule has 2 fully saturated rings. The summed E-state index contributed by atoms with van der Waals surface area (Å²) in [5, 5.41) is 7.27. The van der Waals surface area contributed by atoms with Gasteiger partial charge in [0.2, 0.25) is 0 Å². The summed E-state index contributed by atoms with van der Waals surface area (Å²) in [6.07, 6.45) is 6.01. The molecule has 9 heteroatoms. The number of aromatic nitrogens is 2. The lowest BCUT2D eigenvalue weighted by atomic mass is 9.79. The Kier molecular flexibility index (Phi) is 6.89. The quantitative estimate of drug-likeness (QED) is 0.442. The van der Waals surface area contributed by atoms with Gasteiger partial charge in [-0.1, -0.05) is 37.0 Å². The lowest BCUT2D eigenvalue weighted by Crippen LogP contribution is -2.60. The van der Waals surface area contributed by atoms with Gasteiger partial charge in [-0.3, -0.25) is 18.9 Å². The molecule has 0 radical (unpaired) electrons. The molecule has 7 nitrogen and oxygen atoms in total. The average Bonchev–Trinajstić information content (AvgIpc) is 3.01. The first-order valence-corrected chi connectivity index (χ1v) is 13.4. The normalized spacial score (nSPS) is 22.3. The van der Waals surface area contributed by atoms with Crippen LogP contribution >= 0.6 is 24.0 Å². The average molecular weight is 514 g/mol. The number of piperidine rings is 1. The van der Waals surface area contributed by atoms with E-state index < -0.39 is 0 Å². The van der Waals surface area contributed by atoms with Gasteiger partial charge in [0.15, 0.2) is 0 Å². The van der Waals surface area contributed by atoms with Crippen LogP contribution in [0.5, 0.6) is 0 Å². The number of nitrogens with zero attached hydrogens (tertiary/aromatic N) is 3. The predicted molar refractivity (Wildman–Crippen MR) is 149 cm³/mol. The molecule has 2 aromatic heterocycles. The van der Waals surface area contributed by atoms with Crippen molar-refractivity contribution in [3.8, 4) is 0 Å². The van der Waals surface area contributed by atoms with E-state index in [-0.39, 0.29) is 34.6 Å². The minimum atomic E-state index is -0.206. The maximum atomic E-state index is 13.7. The molecule has 4 heterocycles. The van der Waals surface area contributed by atoms with Gasteiger partial charge in [0.25, 0.3) is 11.5 Å². The Morgan fingerprint density at radius 3 is 2.54 bits per heavy atom. The van der Waals surface area contributed by atoms with Crippen LogP contribution in [0.4, 0.5) is 5.82 Å². The van der Waals surface area contributed by atoms with Crippen LogP contribution in [0, 0.1) is 6.92 Å². The Balaban J connectivity index is 1.82. The maximum Gasteiger partial charge on any atom is 0.267 e. The molecule has 2 aromatic rings. The molecule has 1 amide bonds. The number of rotatable bonds is 5. The number of thiocarbonyl (C=S) groups is 1. The summed E-state index contributed by atoms with van der Waals surface area (Å²) in [4.78, 5) is 33.9. The van der Waals surface area contributed by atoms with Gasteiger partial charge in [-0.15, -0.1) is 0 Å². The van der Waals surface area contributed by atoms with Crippen molar-refractivity contribution in [2.45, 2.75) is 90.9 Å². The highest BCUT2D eigenvalue weighted by molar-refractivity contribution is 8.26. The first kappa shape index (κ1) is 25.9. The highest BCUT2D eigenvalue weighted by atomic mass is 32.2. The second-order valence-corrected chi connectivity index (χ2v) is 12.7. The second kappa shape index (κ2) is 9.33. The Morgan fingerprint density at radius 2 is 1.91 bits per heavy atom. The van der Waals surface area contributed by atoms with Crippen molar-refractivity contribution in [3.63, 3.8) is 0 Å². The number of thioether (sulfide) groups is 1. The molecule has 2 aliphatic heterocycles. The zero-order valence-corrected chi connectivity index (χ0v) is 23.2. The molecule has 0 saturated carbocycles. The Bertz CT molecular complexity index is 1260. The van der Waals surface area contributed by atoms with E-state index in [2.05, 4.69) is 38.3 Å². The van der Waals surface area contributed by atoms with Crippen molar-refractivity contribution in [2.24, 2.45) is 0 Å². The number of hydrogen-bond acceptors (Lipinski definition) is 7. The van der Waals surface area contributed by atoms with E-state index in [9.17, 15) is 9.59 Å². The van der Waals surface area contributed by atoms with Crippen molar-refractivity contribution >= 4 is 51.7 Å². The fourth-order valence-corrected chi connectivity index (χ4v) is 6.73. The number of hydrogen-bond donors (Lipinski definition) is 2. The predicted octanol–water partition coefficient (Wildman–Crippen LogP) is 4.72. The van der Waals surface area contributed by atoms with Gasteiger partial charge in [0.05, 0.1) is 10.5 Å². The van der Waals surface area contributed by atoms with Gasteiger partial charge < -0.3 is 10.6 Å². The van der Waals surface area contributed by atoms with E-state index in [1.54, 1.807) is 21.6 Å². The third-order valence-electron chi connectivity index (χ3n) is 6.67. The number of anilines is 1. The number of carbonyl (C=O) groups excluding carboxylic acids is 1. The van der Waals surface area contributed by atoms with Crippen LogP contribution in [0.3, 0.4) is 0 Å². The topological polar surface area (TPSA) is 78.7 Å². The molecule has 2 saturated heterocycles. The highest BCUT2D eigenvalue weighted by Crippen LogP contribution is 2.36. The summed E-state index contributed by atoms with van der Waals surface area (Å²) in [5.74, 6) is 0.351. The number of carbonyl (C=O) groups is 1. The third-order valence-corrected chi connectivity index (χ3v) is 8.00. The van der Waals surface area contributed by atoms with Crippen LogP contribution < -0.4 is 16.2 Å². The van der Waals surface area contributed by atoms with Gasteiger partial charge in [-0.25, -0.2) is 4.98 Å². The van der Waals surface area contributed by atoms with Crippen molar-refractivity contribution in [1.82, 2.24) is 19.6 Å². The van der Waals surface area contributed by atoms with Crippen LogP contribution in [-0.2, 0) is 4.79 Å². The molecule has 0 aromatic carbocycles. The summed E-state index contributed by atoms with van der Waals surface area (Å²) in [5.41, 5.74) is 1.56. The lowest BCUT2D eigenvalue weighted by Gasteiger charge is -2.46. The minimum Gasteiger partial charge on any atom is -0.366 e. The van der Waals surface area contributed by atoms with Crippen molar-refractivity contribution in [2.75, 3.05) is 5.32 Å². The number of amides is 1. The maximum absolute atomic E-state index is 13.7. The molecule has 0 bridgehead atoms. The zero-order chi connectivity index (χ0) is 25.7. The fraction of sp³-hybridized carbons (Fsp3) is 0.538. The van der Waals surface area contributed by atoms with Gasteiger partial charge in [0.1, 0.15) is 15.8 Å². The molecule has 1 atom stereocenters. The van der Waals surface area contributed by atoms with Gasteiger partial charge in [-0.05, 0) is 78.5 Å². The second-order valence-electron chi connectivity index (χ2n) is 11.1. The fourth-order valence-electron chi connectivity index (χ4n) is 5.29. The largest absolute Gasteiger partial charge is 0.366 e. The van der Waals surface area contributed by atoms with E-state index >= 15 is 0 Å². The van der Waals surface area contributed by atoms with Crippen LogP contribution in [-0.4, -0.2) is 47.7 Å². The molecule has 188 valence electrons. The summed E-state index contributed by atoms with van der Waals surface area (Å²) in [6.45, 7) is 14.7. The highest BCUT2D eigenvalue weighted by Gasteiger charge is 2.39. The molecule has 4 rings (SSSR count). The van der Waals surface area contributed by atoms with E-state index in [1.165, 1.54) is 11.8 Å². The zero-order valence-electron chi connectivity index (χ0n) is 21.6.